The van der Waals surface area contributed by atoms with Crippen LogP contribution in [0.5, 0.6) is 0 Å². The zero-order chi connectivity index (χ0) is 17.8. The summed E-state index contributed by atoms with van der Waals surface area (Å²) in [6.07, 6.45) is 2.60. The molecule has 3 aromatic rings. The molecular formula is C17H17N5O3. The lowest BCUT2D eigenvalue weighted by Crippen LogP contribution is -2.15. The third-order valence-electron chi connectivity index (χ3n) is 3.46. The van der Waals surface area contributed by atoms with Crippen LogP contribution in [0.3, 0.4) is 0 Å². The molecule has 0 atom stereocenters. The maximum absolute atomic E-state index is 12.4. The Hall–Kier alpha value is -3.42. The van der Waals surface area contributed by atoms with Crippen molar-refractivity contribution in [3.05, 3.63) is 48.4 Å². The van der Waals surface area contributed by atoms with Gasteiger partial charge in [0.1, 0.15) is 5.52 Å². The number of ether oxygens (including phenoxy) is 1. The summed E-state index contributed by atoms with van der Waals surface area (Å²) in [5.41, 5.74) is 2.81. The SMILES string of the molecule is CCOC(=O)Nc1cccc(NC(=O)c2cnc3c(c2)ncn3C)c1. The second kappa shape index (κ2) is 7.00. The second-order valence-corrected chi connectivity index (χ2v) is 5.30. The number of pyridine rings is 1. The molecule has 0 saturated carbocycles. The quantitative estimate of drug-likeness (QED) is 0.761. The van der Waals surface area contributed by atoms with Crippen LogP contribution in [-0.4, -0.2) is 33.1 Å². The number of aryl methyl sites for hydroxylation is 1. The molecule has 0 bridgehead atoms. The number of benzene rings is 1. The fraction of sp³-hybridized carbons (Fsp3) is 0.176. The summed E-state index contributed by atoms with van der Waals surface area (Å²) in [5.74, 6) is -0.312. The molecule has 128 valence electrons. The van der Waals surface area contributed by atoms with E-state index in [9.17, 15) is 9.59 Å². The van der Waals surface area contributed by atoms with Gasteiger partial charge in [0, 0.05) is 24.6 Å². The predicted molar refractivity (Wildman–Crippen MR) is 93.5 cm³/mol. The highest BCUT2D eigenvalue weighted by Gasteiger charge is 2.11. The van der Waals surface area contributed by atoms with Crippen molar-refractivity contribution in [2.24, 2.45) is 7.05 Å². The summed E-state index contributed by atoms with van der Waals surface area (Å²) < 4.78 is 6.60. The molecule has 2 N–H and O–H groups in total. The number of aromatic nitrogens is 3. The number of anilines is 2. The van der Waals surface area contributed by atoms with Crippen LogP contribution in [0.1, 0.15) is 17.3 Å². The van der Waals surface area contributed by atoms with Crippen molar-refractivity contribution in [2.75, 3.05) is 17.2 Å². The summed E-state index contributed by atoms with van der Waals surface area (Å²) >= 11 is 0. The molecule has 0 unspecified atom stereocenters. The second-order valence-electron chi connectivity index (χ2n) is 5.30. The standard InChI is InChI=1S/C17H17N5O3/c1-3-25-17(24)21-13-6-4-5-12(8-13)20-16(23)11-7-14-15(18-9-11)22(2)10-19-14/h4-10H,3H2,1-2H3,(H,20,23)(H,21,24). The summed E-state index contributed by atoms with van der Waals surface area (Å²) in [6.45, 7) is 2.01. The summed E-state index contributed by atoms with van der Waals surface area (Å²) in [5, 5.41) is 5.36. The van der Waals surface area contributed by atoms with E-state index < -0.39 is 6.09 Å². The fourth-order valence-corrected chi connectivity index (χ4v) is 2.30. The largest absolute Gasteiger partial charge is 0.450 e. The normalized spacial score (nSPS) is 10.5. The Kier molecular flexibility index (Phi) is 4.60. The molecule has 2 heterocycles. The van der Waals surface area contributed by atoms with Gasteiger partial charge in [-0.25, -0.2) is 14.8 Å². The van der Waals surface area contributed by atoms with Crippen LogP contribution in [0.25, 0.3) is 11.2 Å². The van der Waals surface area contributed by atoms with Crippen molar-refractivity contribution in [1.29, 1.82) is 0 Å². The topological polar surface area (TPSA) is 98.1 Å². The van der Waals surface area contributed by atoms with Gasteiger partial charge in [-0.3, -0.25) is 10.1 Å². The van der Waals surface area contributed by atoms with Gasteiger partial charge in [0.2, 0.25) is 0 Å². The third kappa shape index (κ3) is 3.74. The maximum atomic E-state index is 12.4. The van der Waals surface area contributed by atoms with Gasteiger partial charge < -0.3 is 14.6 Å². The van der Waals surface area contributed by atoms with Crippen LogP contribution in [-0.2, 0) is 11.8 Å². The number of carbonyl (C=O) groups excluding carboxylic acids is 2. The molecule has 0 spiro atoms. The van der Waals surface area contributed by atoms with Gasteiger partial charge in [0.05, 0.1) is 18.5 Å². The zero-order valence-corrected chi connectivity index (χ0v) is 13.8. The van der Waals surface area contributed by atoms with E-state index in [2.05, 4.69) is 20.6 Å². The van der Waals surface area contributed by atoms with Gasteiger partial charge in [-0.2, -0.15) is 0 Å². The van der Waals surface area contributed by atoms with Crippen molar-refractivity contribution >= 4 is 34.5 Å². The highest BCUT2D eigenvalue weighted by atomic mass is 16.5. The zero-order valence-electron chi connectivity index (χ0n) is 13.8. The average Bonchev–Trinajstić information content (AvgIpc) is 2.96. The molecule has 0 saturated heterocycles. The van der Waals surface area contributed by atoms with Crippen LogP contribution in [0, 0.1) is 0 Å². The van der Waals surface area contributed by atoms with Gasteiger partial charge >= 0.3 is 6.09 Å². The molecule has 1 aromatic carbocycles. The van der Waals surface area contributed by atoms with E-state index in [0.717, 1.165) is 0 Å². The number of carbonyl (C=O) groups is 2. The minimum atomic E-state index is -0.546. The predicted octanol–water partition coefficient (Wildman–Crippen LogP) is 2.79. The van der Waals surface area contributed by atoms with Crippen LogP contribution in [0.15, 0.2) is 42.9 Å². The van der Waals surface area contributed by atoms with E-state index in [-0.39, 0.29) is 12.5 Å². The number of amides is 2. The number of nitrogens with zero attached hydrogens (tertiary/aromatic N) is 3. The number of hydrogen-bond donors (Lipinski definition) is 2. The van der Waals surface area contributed by atoms with Gasteiger partial charge in [-0.05, 0) is 31.2 Å². The molecule has 0 aliphatic rings. The Balaban J connectivity index is 1.74. The average molecular weight is 339 g/mol. The number of hydrogen-bond acceptors (Lipinski definition) is 5. The van der Waals surface area contributed by atoms with Crippen LogP contribution >= 0.6 is 0 Å². The van der Waals surface area contributed by atoms with Gasteiger partial charge in [-0.1, -0.05) is 6.07 Å². The molecule has 3 rings (SSSR count). The highest BCUT2D eigenvalue weighted by molar-refractivity contribution is 6.05. The first-order chi connectivity index (χ1) is 12.1. The Morgan fingerprint density at radius 3 is 2.68 bits per heavy atom. The highest BCUT2D eigenvalue weighted by Crippen LogP contribution is 2.17. The molecule has 0 radical (unpaired) electrons. The first-order valence-electron chi connectivity index (χ1n) is 7.69. The van der Waals surface area contributed by atoms with Crippen LogP contribution in [0.4, 0.5) is 16.2 Å². The van der Waals surface area contributed by atoms with Crippen molar-refractivity contribution < 1.29 is 14.3 Å². The lowest BCUT2D eigenvalue weighted by molar-refractivity contribution is 0.102. The van der Waals surface area contributed by atoms with Crippen molar-refractivity contribution in [3.8, 4) is 0 Å². The number of fused-ring (bicyclic) bond motifs is 1. The Morgan fingerprint density at radius 2 is 1.92 bits per heavy atom. The molecule has 2 aromatic heterocycles. The lowest BCUT2D eigenvalue weighted by Gasteiger charge is -2.09. The summed E-state index contributed by atoms with van der Waals surface area (Å²) in [4.78, 5) is 32.3. The minimum absolute atomic E-state index is 0.283. The van der Waals surface area contributed by atoms with Gasteiger partial charge in [0.15, 0.2) is 5.65 Å². The Labute approximate surface area is 143 Å². The van der Waals surface area contributed by atoms with E-state index in [0.29, 0.717) is 28.1 Å². The van der Waals surface area contributed by atoms with Gasteiger partial charge in [0.25, 0.3) is 5.91 Å². The van der Waals surface area contributed by atoms with Crippen LogP contribution < -0.4 is 10.6 Å². The Bertz CT molecular complexity index is 935. The van der Waals surface area contributed by atoms with E-state index >= 15 is 0 Å². The third-order valence-corrected chi connectivity index (χ3v) is 3.46. The molecule has 2 amide bonds. The monoisotopic (exact) mass is 339 g/mol. The van der Waals surface area contributed by atoms with Crippen molar-refractivity contribution in [1.82, 2.24) is 14.5 Å². The van der Waals surface area contributed by atoms with Gasteiger partial charge in [-0.15, -0.1) is 0 Å². The van der Waals surface area contributed by atoms with Crippen molar-refractivity contribution in [3.63, 3.8) is 0 Å². The molecule has 0 aliphatic heterocycles. The molecule has 0 aliphatic carbocycles. The molecule has 8 heteroatoms. The van der Waals surface area contributed by atoms with E-state index in [1.807, 2.05) is 7.05 Å². The first-order valence-corrected chi connectivity index (χ1v) is 7.69. The first kappa shape index (κ1) is 16.4. The molecule has 25 heavy (non-hydrogen) atoms. The van der Waals surface area contributed by atoms with E-state index in [1.54, 1.807) is 48.1 Å². The molecule has 8 nitrogen and oxygen atoms in total. The minimum Gasteiger partial charge on any atom is -0.450 e. The number of nitrogens with one attached hydrogen (secondary N) is 2. The van der Waals surface area contributed by atoms with Crippen LogP contribution in [0.2, 0.25) is 0 Å². The molecular weight excluding hydrogens is 322 g/mol. The lowest BCUT2D eigenvalue weighted by atomic mass is 10.2. The van der Waals surface area contributed by atoms with Crippen molar-refractivity contribution in [2.45, 2.75) is 6.92 Å². The molecule has 0 fully saturated rings. The smallest absolute Gasteiger partial charge is 0.411 e. The maximum Gasteiger partial charge on any atom is 0.411 e. The summed E-state index contributed by atoms with van der Waals surface area (Å²) in [7, 11) is 1.84. The number of rotatable bonds is 4. The Morgan fingerprint density at radius 1 is 1.16 bits per heavy atom. The van der Waals surface area contributed by atoms with E-state index in [1.165, 1.54) is 6.20 Å². The number of imidazole rings is 1. The van der Waals surface area contributed by atoms with E-state index in [4.69, 9.17) is 4.74 Å². The fourth-order valence-electron chi connectivity index (χ4n) is 2.30. The summed E-state index contributed by atoms with van der Waals surface area (Å²) in [6, 6.07) is 8.46.